The van der Waals surface area contributed by atoms with Gasteiger partial charge in [0.05, 0.1) is 10.2 Å². The van der Waals surface area contributed by atoms with Gasteiger partial charge in [0.25, 0.3) is 5.91 Å². The van der Waals surface area contributed by atoms with Crippen LogP contribution < -0.4 is 4.80 Å². The molecule has 5 heteroatoms. The lowest BCUT2D eigenvalue weighted by molar-refractivity contribution is -0.113. The van der Waals surface area contributed by atoms with Crippen molar-refractivity contribution in [2.24, 2.45) is 4.99 Å². The first-order chi connectivity index (χ1) is 11.7. The van der Waals surface area contributed by atoms with E-state index in [1.807, 2.05) is 28.2 Å². The lowest BCUT2D eigenvalue weighted by Crippen LogP contribution is -2.15. The standard InChI is InChI=1S/C19H18N2OS2/c1-3-11-21-16-9-7-14(4-2)13-17(16)24-19(21)20-18(22)10-8-15-6-5-12-23-15/h3,5-10,12-13H,1,4,11H2,2H3. The highest BCUT2D eigenvalue weighted by Gasteiger charge is 2.07. The van der Waals surface area contributed by atoms with Crippen LogP contribution >= 0.6 is 22.7 Å². The maximum atomic E-state index is 12.2. The first kappa shape index (κ1) is 16.6. The number of amides is 1. The summed E-state index contributed by atoms with van der Waals surface area (Å²) in [5.41, 5.74) is 2.37. The first-order valence-electron chi connectivity index (χ1n) is 7.74. The van der Waals surface area contributed by atoms with Gasteiger partial charge >= 0.3 is 0 Å². The molecule has 2 heterocycles. The number of thiazole rings is 1. The summed E-state index contributed by atoms with van der Waals surface area (Å²) in [7, 11) is 0. The zero-order valence-corrected chi connectivity index (χ0v) is 15.1. The van der Waals surface area contributed by atoms with E-state index in [1.54, 1.807) is 28.7 Å². The van der Waals surface area contributed by atoms with Crippen LogP contribution in [0.3, 0.4) is 0 Å². The largest absolute Gasteiger partial charge is 0.312 e. The monoisotopic (exact) mass is 354 g/mol. The molecule has 1 amide bonds. The third-order valence-corrected chi connectivity index (χ3v) is 5.48. The van der Waals surface area contributed by atoms with Crippen molar-refractivity contribution in [1.82, 2.24) is 4.57 Å². The molecular weight excluding hydrogens is 336 g/mol. The van der Waals surface area contributed by atoms with Crippen LogP contribution in [0.4, 0.5) is 0 Å². The van der Waals surface area contributed by atoms with Gasteiger partial charge in [-0.05, 0) is 41.6 Å². The number of allylic oxidation sites excluding steroid dienone is 1. The van der Waals surface area contributed by atoms with Crippen molar-refractivity contribution < 1.29 is 4.79 Å². The van der Waals surface area contributed by atoms with Crippen LogP contribution in [0.15, 0.2) is 59.4 Å². The molecule has 0 unspecified atom stereocenters. The minimum absolute atomic E-state index is 0.247. The van der Waals surface area contributed by atoms with Gasteiger partial charge in [0.2, 0.25) is 0 Å². The van der Waals surface area contributed by atoms with E-state index < -0.39 is 0 Å². The van der Waals surface area contributed by atoms with Crippen molar-refractivity contribution in [3.63, 3.8) is 0 Å². The molecule has 122 valence electrons. The summed E-state index contributed by atoms with van der Waals surface area (Å²) >= 11 is 3.14. The van der Waals surface area contributed by atoms with Gasteiger partial charge in [0.1, 0.15) is 0 Å². The second-order valence-corrected chi connectivity index (χ2v) is 7.23. The van der Waals surface area contributed by atoms with Gasteiger partial charge in [-0.1, -0.05) is 36.5 Å². The number of thiophene rings is 1. The van der Waals surface area contributed by atoms with Crippen molar-refractivity contribution in [3.8, 4) is 0 Å². The maximum Gasteiger partial charge on any atom is 0.272 e. The smallest absolute Gasteiger partial charge is 0.272 e. The molecule has 3 nitrogen and oxygen atoms in total. The van der Waals surface area contributed by atoms with Crippen LogP contribution in [0.5, 0.6) is 0 Å². The van der Waals surface area contributed by atoms with Gasteiger partial charge in [-0.15, -0.1) is 17.9 Å². The Morgan fingerprint density at radius 2 is 2.25 bits per heavy atom. The van der Waals surface area contributed by atoms with Gasteiger partial charge in [-0.25, -0.2) is 0 Å². The molecule has 0 atom stereocenters. The van der Waals surface area contributed by atoms with Gasteiger partial charge in [-0.2, -0.15) is 4.99 Å². The summed E-state index contributed by atoms with van der Waals surface area (Å²) in [4.78, 5) is 18.2. The van der Waals surface area contributed by atoms with Gasteiger partial charge in [-0.3, -0.25) is 4.79 Å². The fourth-order valence-electron chi connectivity index (χ4n) is 2.40. The topological polar surface area (TPSA) is 34.4 Å². The Kier molecular flexibility index (Phi) is 5.23. The number of rotatable bonds is 5. The SMILES string of the molecule is C=CCn1c(=NC(=O)C=Cc2cccs2)sc2cc(CC)ccc21. The average Bonchev–Trinajstić information content (AvgIpc) is 3.21. The molecule has 0 fully saturated rings. The summed E-state index contributed by atoms with van der Waals surface area (Å²) < 4.78 is 3.17. The average molecular weight is 355 g/mol. The third kappa shape index (κ3) is 3.63. The highest BCUT2D eigenvalue weighted by Crippen LogP contribution is 2.19. The van der Waals surface area contributed by atoms with E-state index in [9.17, 15) is 4.79 Å². The molecule has 0 bridgehead atoms. The first-order valence-corrected chi connectivity index (χ1v) is 9.44. The lowest BCUT2D eigenvalue weighted by Gasteiger charge is -2.01. The van der Waals surface area contributed by atoms with E-state index in [2.05, 4.69) is 36.7 Å². The number of carbonyl (C=O) groups excluding carboxylic acids is 1. The fraction of sp³-hybridized carbons (Fsp3) is 0.158. The van der Waals surface area contributed by atoms with Crippen molar-refractivity contribution in [1.29, 1.82) is 0 Å². The molecule has 0 spiro atoms. The summed E-state index contributed by atoms with van der Waals surface area (Å²) in [5, 5.41) is 1.98. The number of benzene rings is 1. The molecule has 0 aliphatic heterocycles. The van der Waals surface area contributed by atoms with Crippen molar-refractivity contribution in [3.05, 3.63) is 69.7 Å². The molecule has 3 rings (SSSR count). The molecule has 24 heavy (non-hydrogen) atoms. The van der Waals surface area contributed by atoms with E-state index >= 15 is 0 Å². The zero-order valence-electron chi connectivity index (χ0n) is 13.4. The van der Waals surface area contributed by atoms with E-state index in [4.69, 9.17) is 0 Å². The Bertz CT molecular complexity index is 959. The lowest BCUT2D eigenvalue weighted by atomic mass is 10.2. The molecule has 0 N–H and O–H groups in total. The molecule has 0 aliphatic rings. The molecule has 0 saturated carbocycles. The number of fused-ring (bicyclic) bond motifs is 1. The van der Waals surface area contributed by atoms with Crippen molar-refractivity contribution >= 4 is 44.9 Å². The second-order valence-electron chi connectivity index (χ2n) is 5.24. The van der Waals surface area contributed by atoms with Gasteiger partial charge in [0, 0.05) is 17.5 Å². The minimum atomic E-state index is -0.247. The Hall–Kier alpha value is -2.24. The Morgan fingerprint density at radius 1 is 1.38 bits per heavy atom. The fourth-order valence-corrected chi connectivity index (χ4v) is 4.13. The van der Waals surface area contributed by atoms with Crippen molar-refractivity contribution in [2.45, 2.75) is 19.9 Å². The summed E-state index contributed by atoms with van der Waals surface area (Å²) in [6.07, 6.45) is 6.14. The van der Waals surface area contributed by atoms with Gasteiger partial charge in [0.15, 0.2) is 4.80 Å². The highest BCUT2D eigenvalue weighted by atomic mass is 32.1. The van der Waals surface area contributed by atoms with E-state index in [0.29, 0.717) is 11.3 Å². The number of aromatic nitrogens is 1. The summed E-state index contributed by atoms with van der Waals surface area (Å²) in [6.45, 7) is 6.58. The number of aryl methyl sites for hydroxylation is 1. The van der Waals surface area contributed by atoms with Crippen molar-refractivity contribution in [2.75, 3.05) is 0 Å². The molecule has 0 saturated heterocycles. The molecule has 0 radical (unpaired) electrons. The zero-order chi connectivity index (χ0) is 16.9. The van der Waals surface area contributed by atoms with Crippen LogP contribution in [0, 0.1) is 0 Å². The van der Waals surface area contributed by atoms with Crippen LogP contribution in [0.2, 0.25) is 0 Å². The number of nitrogens with zero attached hydrogens (tertiary/aromatic N) is 2. The molecule has 3 aromatic rings. The Morgan fingerprint density at radius 3 is 2.96 bits per heavy atom. The maximum absolute atomic E-state index is 12.2. The number of hydrogen-bond donors (Lipinski definition) is 0. The molecule has 1 aromatic carbocycles. The highest BCUT2D eigenvalue weighted by molar-refractivity contribution is 7.16. The quantitative estimate of drug-likeness (QED) is 0.485. The van der Waals surface area contributed by atoms with Crippen LogP contribution in [0.1, 0.15) is 17.4 Å². The molecular formula is C19H18N2OS2. The predicted octanol–water partition coefficient (Wildman–Crippen LogP) is 4.65. The van der Waals surface area contributed by atoms with Crippen LogP contribution in [0.25, 0.3) is 16.3 Å². The number of carbonyl (C=O) groups is 1. The van der Waals surface area contributed by atoms with Gasteiger partial charge < -0.3 is 4.57 Å². The van der Waals surface area contributed by atoms with Crippen LogP contribution in [-0.4, -0.2) is 10.5 Å². The molecule has 2 aromatic heterocycles. The number of hydrogen-bond acceptors (Lipinski definition) is 3. The third-order valence-electron chi connectivity index (χ3n) is 3.61. The summed E-state index contributed by atoms with van der Waals surface area (Å²) in [5.74, 6) is -0.247. The minimum Gasteiger partial charge on any atom is -0.312 e. The summed E-state index contributed by atoms with van der Waals surface area (Å²) in [6, 6.07) is 10.3. The Labute approximate surface area is 148 Å². The Balaban J connectivity index is 2.01. The normalized spacial score (nSPS) is 12.3. The van der Waals surface area contributed by atoms with E-state index in [-0.39, 0.29) is 5.91 Å². The van der Waals surface area contributed by atoms with Crippen LogP contribution in [-0.2, 0) is 17.8 Å². The predicted molar refractivity (Wildman–Crippen MR) is 103 cm³/mol. The molecule has 0 aliphatic carbocycles. The second kappa shape index (κ2) is 7.55. The van der Waals surface area contributed by atoms with E-state index in [0.717, 1.165) is 21.5 Å². The van der Waals surface area contributed by atoms with E-state index in [1.165, 1.54) is 11.6 Å².